The fraction of sp³-hybridized carbons (Fsp3) is 0.273. The molecular weight excluding hydrogens is 441 g/mol. The SMILES string of the molecule is O=C(Cn1c(=O)[nH]c2ccccc2c1=O)N1CCN(C(=O)c2cccc(C(F)(F)F)c2)CC1. The fourth-order valence-corrected chi connectivity index (χ4v) is 3.75. The zero-order chi connectivity index (χ0) is 23.8. The lowest BCUT2D eigenvalue weighted by Crippen LogP contribution is -2.52. The molecule has 11 heteroatoms. The number of piperazine rings is 1. The van der Waals surface area contributed by atoms with Crippen molar-refractivity contribution in [2.24, 2.45) is 0 Å². The average Bonchev–Trinajstić information content (AvgIpc) is 2.81. The summed E-state index contributed by atoms with van der Waals surface area (Å²) >= 11 is 0. The fourth-order valence-electron chi connectivity index (χ4n) is 3.75. The van der Waals surface area contributed by atoms with Gasteiger partial charge in [-0.15, -0.1) is 0 Å². The first-order chi connectivity index (χ1) is 15.6. The maximum absolute atomic E-state index is 12.9. The molecule has 0 unspecified atom stereocenters. The van der Waals surface area contributed by atoms with E-state index in [2.05, 4.69) is 4.98 Å². The zero-order valence-electron chi connectivity index (χ0n) is 17.3. The molecule has 2 aromatic carbocycles. The summed E-state index contributed by atoms with van der Waals surface area (Å²) in [5.41, 5.74) is -1.91. The molecule has 172 valence electrons. The van der Waals surface area contributed by atoms with Crippen molar-refractivity contribution >= 4 is 22.7 Å². The van der Waals surface area contributed by atoms with Gasteiger partial charge in [0.1, 0.15) is 6.54 Å². The van der Waals surface area contributed by atoms with E-state index in [-0.39, 0.29) is 37.1 Å². The first-order valence-electron chi connectivity index (χ1n) is 10.1. The lowest BCUT2D eigenvalue weighted by atomic mass is 10.1. The van der Waals surface area contributed by atoms with Gasteiger partial charge in [0.2, 0.25) is 5.91 Å². The topological polar surface area (TPSA) is 95.5 Å². The van der Waals surface area contributed by atoms with Gasteiger partial charge in [-0.2, -0.15) is 13.2 Å². The number of halogens is 3. The van der Waals surface area contributed by atoms with Crippen molar-refractivity contribution < 1.29 is 22.8 Å². The molecule has 0 saturated carbocycles. The minimum absolute atomic E-state index is 0.0844. The van der Waals surface area contributed by atoms with Gasteiger partial charge in [0, 0.05) is 31.7 Å². The highest BCUT2D eigenvalue weighted by Crippen LogP contribution is 2.29. The monoisotopic (exact) mass is 460 g/mol. The van der Waals surface area contributed by atoms with Crippen LogP contribution in [0.4, 0.5) is 13.2 Å². The molecule has 0 aliphatic carbocycles. The predicted octanol–water partition coefficient (Wildman–Crippen LogP) is 1.69. The van der Waals surface area contributed by atoms with Crippen LogP contribution in [0, 0.1) is 0 Å². The van der Waals surface area contributed by atoms with E-state index in [0.29, 0.717) is 5.52 Å². The molecule has 8 nitrogen and oxygen atoms in total. The average molecular weight is 460 g/mol. The van der Waals surface area contributed by atoms with Crippen molar-refractivity contribution in [3.63, 3.8) is 0 Å². The number of hydrogen-bond acceptors (Lipinski definition) is 4. The number of carbonyl (C=O) groups excluding carboxylic acids is 2. The number of amides is 2. The molecule has 1 N–H and O–H groups in total. The zero-order valence-corrected chi connectivity index (χ0v) is 17.3. The molecule has 0 spiro atoms. The number of rotatable bonds is 3. The number of aromatic nitrogens is 2. The van der Waals surface area contributed by atoms with E-state index in [9.17, 15) is 32.3 Å². The molecule has 1 aromatic heterocycles. The number of aromatic amines is 1. The van der Waals surface area contributed by atoms with Crippen LogP contribution in [0.15, 0.2) is 58.1 Å². The lowest BCUT2D eigenvalue weighted by Gasteiger charge is -2.35. The van der Waals surface area contributed by atoms with Crippen LogP contribution in [0.1, 0.15) is 15.9 Å². The maximum Gasteiger partial charge on any atom is 0.416 e. The van der Waals surface area contributed by atoms with Gasteiger partial charge in [-0.25, -0.2) is 4.79 Å². The van der Waals surface area contributed by atoms with Crippen LogP contribution in [0.25, 0.3) is 10.9 Å². The summed E-state index contributed by atoms with van der Waals surface area (Å²) in [6.07, 6.45) is -4.56. The van der Waals surface area contributed by atoms with Gasteiger partial charge in [-0.05, 0) is 30.3 Å². The Morgan fingerprint density at radius 2 is 1.58 bits per heavy atom. The van der Waals surface area contributed by atoms with Crippen LogP contribution < -0.4 is 11.2 Å². The van der Waals surface area contributed by atoms with Crippen LogP contribution >= 0.6 is 0 Å². The van der Waals surface area contributed by atoms with Crippen LogP contribution in [-0.4, -0.2) is 57.3 Å². The molecule has 4 rings (SSSR count). The van der Waals surface area contributed by atoms with Crippen molar-refractivity contribution in [1.29, 1.82) is 0 Å². The quantitative estimate of drug-likeness (QED) is 0.644. The maximum atomic E-state index is 12.9. The number of nitrogens with zero attached hydrogens (tertiary/aromatic N) is 3. The second kappa shape index (κ2) is 8.57. The molecule has 0 radical (unpaired) electrons. The number of fused-ring (bicyclic) bond motifs is 1. The van der Waals surface area contributed by atoms with E-state index in [1.807, 2.05) is 0 Å². The van der Waals surface area contributed by atoms with Gasteiger partial charge in [-0.1, -0.05) is 18.2 Å². The number of H-pyrrole nitrogens is 1. The van der Waals surface area contributed by atoms with E-state index < -0.39 is 41.3 Å². The highest BCUT2D eigenvalue weighted by molar-refractivity contribution is 5.94. The number of alkyl halides is 3. The highest BCUT2D eigenvalue weighted by Gasteiger charge is 2.32. The van der Waals surface area contributed by atoms with Crippen molar-refractivity contribution in [3.05, 3.63) is 80.5 Å². The van der Waals surface area contributed by atoms with E-state index in [4.69, 9.17) is 0 Å². The molecule has 0 bridgehead atoms. The molecule has 33 heavy (non-hydrogen) atoms. The van der Waals surface area contributed by atoms with E-state index in [1.54, 1.807) is 24.3 Å². The Kier molecular flexibility index (Phi) is 5.79. The van der Waals surface area contributed by atoms with Gasteiger partial charge in [0.05, 0.1) is 16.5 Å². The van der Waals surface area contributed by atoms with Gasteiger partial charge < -0.3 is 14.8 Å². The summed E-state index contributed by atoms with van der Waals surface area (Å²) in [4.78, 5) is 55.5. The van der Waals surface area contributed by atoms with Crippen molar-refractivity contribution in [1.82, 2.24) is 19.4 Å². The van der Waals surface area contributed by atoms with E-state index in [1.165, 1.54) is 21.9 Å². The second-order valence-electron chi connectivity index (χ2n) is 7.62. The van der Waals surface area contributed by atoms with Crippen LogP contribution in [0.3, 0.4) is 0 Å². The van der Waals surface area contributed by atoms with Crippen molar-refractivity contribution in [3.8, 4) is 0 Å². The Hall–Kier alpha value is -3.89. The summed E-state index contributed by atoms with van der Waals surface area (Å²) < 4.78 is 39.6. The Balaban J connectivity index is 1.43. The standard InChI is InChI=1S/C22H19F3N4O4/c23-22(24,25)15-5-3-4-14(12-15)19(31)28-10-8-27(9-11-28)18(30)13-29-20(32)16-6-1-2-7-17(16)26-21(29)33/h1-7,12H,8-11,13H2,(H,26,33). The van der Waals surface area contributed by atoms with E-state index >= 15 is 0 Å². The molecule has 1 saturated heterocycles. The normalized spacial score (nSPS) is 14.5. The van der Waals surface area contributed by atoms with Crippen molar-refractivity contribution in [2.75, 3.05) is 26.2 Å². The number of carbonyl (C=O) groups is 2. The number of hydrogen-bond donors (Lipinski definition) is 1. The van der Waals surface area contributed by atoms with E-state index in [0.717, 1.165) is 16.7 Å². The summed E-state index contributed by atoms with van der Waals surface area (Å²) in [7, 11) is 0. The summed E-state index contributed by atoms with van der Waals surface area (Å²) in [5, 5.41) is 0.279. The van der Waals surface area contributed by atoms with Gasteiger partial charge >= 0.3 is 11.9 Å². The third-order valence-corrected chi connectivity index (χ3v) is 5.54. The predicted molar refractivity (Wildman–Crippen MR) is 113 cm³/mol. The number of nitrogens with one attached hydrogen (secondary N) is 1. The van der Waals surface area contributed by atoms with Crippen LogP contribution in [0.2, 0.25) is 0 Å². The molecule has 1 aliphatic rings. The Morgan fingerprint density at radius 1 is 0.909 bits per heavy atom. The third kappa shape index (κ3) is 4.52. The smallest absolute Gasteiger partial charge is 0.338 e. The van der Waals surface area contributed by atoms with Crippen molar-refractivity contribution in [2.45, 2.75) is 12.7 Å². The molecule has 0 atom stereocenters. The minimum atomic E-state index is -4.56. The second-order valence-corrected chi connectivity index (χ2v) is 7.62. The van der Waals surface area contributed by atoms with Gasteiger partial charge in [-0.3, -0.25) is 19.0 Å². The van der Waals surface area contributed by atoms with Crippen LogP contribution in [0.5, 0.6) is 0 Å². The molecule has 1 aliphatic heterocycles. The van der Waals surface area contributed by atoms with Crippen LogP contribution in [-0.2, 0) is 17.5 Å². The first kappa shape index (κ1) is 22.3. The molecule has 2 amide bonds. The summed E-state index contributed by atoms with van der Waals surface area (Å²) in [6, 6.07) is 10.6. The van der Waals surface area contributed by atoms with Gasteiger partial charge in [0.25, 0.3) is 11.5 Å². The summed E-state index contributed by atoms with van der Waals surface area (Å²) in [5.74, 6) is -1.03. The molecule has 3 aromatic rings. The molecule has 1 fully saturated rings. The Morgan fingerprint density at radius 3 is 2.27 bits per heavy atom. The first-order valence-corrected chi connectivity index (χ1v) is 10.1. The highest BCUT2D eigenvalue weighted by atomic mass is 19.4. The molecular formula is C22H19F3N4O4. The summed E-state index contributed by atoms with van der Waals surface area (Å²) in [6.45, 7) is 0.0295. The lowest BCUT2D eigenvalue weighted by molar-refractivity contribution is -0.137. The molecule has 2 heterocycles. The Labute approximate surface area is 184 Å². The minimum Gasteiger partial charge on any atom is -0.338 e. The third-order valence-electron chi connectivity index (χ3n) is 5.54. The number of para-hydroxylation sites is 1. The largest absolute Gasteiger partial charge is 0.416 e. The Bertz CT molecular complexity index is 1340. The van der Waals surface area contributed by atoms with Gasteiger partial charge in [0.15, 0.2) is 0 Å². The number of benzene rings is 2.